The highest BCUT2D eigenvalue weighted by atomic mass is 16.5. The number of ether oxygens (including phenoxy) is 2. The molecule has 7 heteroatoms. The fourth-order valence-electron chi connectivity index (χ4n) is 2.54. The molecule has 28 heavy (non-hydrogen) atoms. The van der Waals surface area contributed by atoms with E-state index in [0.29, 0.717) is 22.7 Å². The number of hydrogen-bond donors (Lipinski definition) is 1. The molecule has 0 radical (unpaired) electrons. The molecule has 1 heterocycles. The summed E-state index contributed by atoms with van der Waals surface area (Å²) >= 11 is 0. The van der Waals surface area contributed by atoms with Crippen LogP contribution >= 0.6 is 0 Å². The molecule has 7 nitrogen and oxygen atoms in total. The minimum atomic E-state index is -0.434. The zero-order valence-corrected chi connectivity index (χ0v) is 15.3. The average Bonchev–Trinajstić information content (AvgIpc) is 3.27. The normalized spacial score (nSPS) is 10.2. The van der Waals surface area contributed by atoms with Crippen molar-refractivity contribution in [2.75, 3.05) is 19.0 Å². The van der Waals surface area contributed by atoms with Gasteiger partial charge in [-0.15, -0.1) is 0 Å². The first-order chi connectivity index (χ1) is 13.6. The molecule has 1 amide bonds. The predicted molar refractivity (Wildman–Crippen MR) is 105 cm³/mol. The lowest BCUT2D eigenvalue weighted by atomic mass is 10.1. The second-order valence-corrected chi connectivity index (χ2v) is 5.82. The number of rotatable bonds is 7. The van der Waals surface area contributed by atoms with Crippen LogP contribution in [0.3, 0.4) is 0 Å². The van der Waals surface area contributed by atoms with Gasteiger partial charge in [-0.05, 0) is 36.4 Å². The Kier molecular flexibility index (Phi) is 5.86. The highest BCUT2D eigenvalue weighted by Crippen LogP contribution is 2.26. The Morgan fingerprint density at radius 2 is 1.89 bits per heavy atom. The molecule has 0 atom stereocenters. The lowest BCUT2D eigenvalue weighted by molar-refractivity contribution is -0.118. The molecule has 0 bridgehead atoms. The number of carbonyl (C=O) groups is 2. The quantitative estimate of drug-likeness (QED) is 0.640. The topological polar surface area (TPSA) is 82.5 Å². The maximum atomic E-state index is 12.2. The average molecular weight is 377 g/mol. The van der Waals surface area contributed by atoms with Crippen molar-refractivity contribution < 1.29 is 19.1 Å². The third-order valence-corrected chi connectivity index (χ3v) is 3.96. The van der Waals surface area contributed by atoms with Crippen LogP contribution in [-0.4, -0.2) is 35.1 Å². The van der Waals surface area contributed by atoms with Crippen LogP contribution in [0, 0.1) is 0 Å². The van der Waals surface area contributed by atoms with E-state index < -0.39 is 5.97 Å². The minimum Gasteiger partial charge on any atom is -0.483 e. The molecule has 3 rings (SSSR count). The molecule has 3 aromatic rings. The van der Waals surface area contributed by atoms with Gasteiger partial charge in [-0.25, -0.2) is 9.78 Å². The van der Waals surface area contributed by atoms with E-state index in [2.05, 4.69) is 21.6 Å². The number of imidazole rings is 1. The van der Waals surface area contributed by atoms with E-state index in [1.54, 1.807) is 53.6 Å². The second kappa shape index (κ2) is 8.68. The van der Waals surface area contributed by atoms with E-state index in [-0.39, 0.29) is 12.5 Å². The van der Waals surface area contributed by atoms with Crippen molar-refractivity contribution >= 4 is 23.3 Å². The number of esters is 1. The third kappa shape index (κ3) is 4.45. The van der Waals surface area contributed by atoms with Gasteiger partial charge in [0.05, 0.1) is 24.7 Å². The zero-order valence-electron chi connectivity index (χ0n) is 15.3. The standard InChI is InChI=1S/C21H19N3O4/c1-15(24-12-11-22-14-24)18-5-3-4-6-19(18)28-13-20(25)23-17-9-7-16(8-10-17)21(26)27-2/h3-12,14H,1,13H2,2H3,(H,23,25). The van der Waals surface area contributed by atoms with E-state index in [1.165, 1.54) is 7.11 Å². The van der Waals surface area contributed by atoms with Gasteiger partial charge >= 0.3 is 5.97 Å². The first kappa shape index (κ1) is 18.9. The first-order valence-corrected chi connectivity index (χ1v) is 8.46. The lowest BCUT2D eigenvalue weighted by Crippen LogP contribution is -2.20. The van der Waals surface area contributed by atoms with Crippen LogP contribution in [-0.2, 0) is 9.53 Å². The SMILES string of the molecule is C=C(c1ccccc1OCC(=O)Nc1ccc(C(=O)OC)cc1)n1ccnc1. The summed E-state index contributed by atoms with van der Waals surface area (Å²) in [4.78, 5) is 27.7. The highest BCUT2D eigenvalue weighted by Gasteiger charge is 2.11. The van der Waals surface area contributed by atoms with Crippen molar-refractivity contribution in [3.8, 4) is 5.75 Å². The van der Waals surface area contributed by atoms with Crippen LogP contribution < -0.4 is 10.1 Å². The number of methoxy groups -OCH3 is 1. The summed E-state index contributed by atoms with van der Waals surface area (Å²) in [5.74, 6) is -0.220. The highest BCUT2D eigenvalue weighted by molar-refractivity contribution is 5.93. The molecule has 0 aliphatic rings. The Labute approximate surface area is 162 Å². The Morgan fingerprint density at radius 3 is 2.57 bits per heavy atom. The van der Waals surface area contributed by atoms with Gasteiger partial charge in [0.15, 0.2) is 6.61 Å². The molecule has 0 fully saturated rings. The summed E-state index contributed by atoms with van der Waals surface area (Å²) < 4.78 is 12.1. The van der Waals surface area contributed by atoms with E-state index in [0.717, 1.165) is 5.56 Å². The van der Waals surface area contributed by atoms with Crippen LogP contribution in [0.2, 0.25) is 0 Å². The molecule has 2 aromatic carbocycles. The fraction of sp³-hybridized carbons (Fsp3) is 0.0952. The molecule has 1 aromatic heterocycles. The van der Waals surface area contributed by atoms with Crippen molar-refractivity contribution in [1.29, 1.82) is 0 Å². The van der Waals surface area contributed by atoms with Gasteiger partial charge in [0.25, 0.3) is 5.91 Å². The van der Waals surface area contributed by atoms with Crippen LogP contribution in [0.25, 0.3) is 5.70 Å². The number of benzene rings is 2. The molecule has 1 N–H and O–H groups in total. The van der Waals surface area contributed by atoms with Gasteiger partial charge in [0, 0.05) is 23.6 Å². The summed E-state index contributed by atoms with van der Waals surface area (Å²) in [5, 5.41) is 2.72. The van der Waals surface area contributed by atoms with E-state index in [4.69, 9.17) is 4.74 Å². The first-order valence-electron chi connectivity index (χ1n) is 8.46. The van der Waals surface area contributed by atoms with Crippen molar-refractivity contribution in [1.82, 2.24) is 9.55 Å². The van der Waals surface area contributed by atoms with Gasteiger partial charge in [-0.1, -0.05) is 18.7 Å². The maximum Gasteiger partial charge on any atom is 0.337 e. The molecule has 0 saturated heterocycles. The van der Waals surface area contributed by atoms with Gasteiger partial charge in [-0.2, -0.15) is 0 Å². The van der Waals surface area contributed by atoms with Crippen LogP contribution in [0.1, 0.15) is 15.9 Å². The largest absolute Gasteiger partial charge is 0.483 e. The maximum absolute atomic E-state index is 12.2. The van der Waals surface area contributed by atoms with Gasteiger partial charge < -0.3 is 19.4 Å². The fourth-order valence-corrected chi connectivity index (χ4v) is 2.54. The molecular weight excluding hydrogens is 358 g/mol. The molecule has 0 aliphatic carbocycles. The van der Waals surface area contributed by atoms with Crippen molar-refractivity contribution in [2.45, 2.75) is 0 Å². The molecule has 0 aliphatic heterocycles. The zero-order chi connectivity index (χ0) is 19.9. The van der Waals surface area contributed by atoms with E-state index in [9.17, 15) is 9.59 Å². The smallest absolute Gasteiger partial charge is 0.337 e. The number of aromatic nitrogens is 2. The monoisotopic (exact) mass is 377 g/mol. The van der Waals surface area contributed by atoms with E-state index >= 15 is 0 Å². The number of nitrogens with one attached hydrogen (secondary N) is 1. The third-order valence-electron chi connectivity index (χ3n) is 3.96. The summed E-state index contributed by atoms with van der Waals surface area (Å²) in [6.07, 6.45) is 5.08. The summed E-state index contributed by atoms with van der Waals surface area (Å²) in [7, 11) is 1.31. The van der Waals surface area contributed by atoms with Crippen LogP contribution in [0.5, 0.6) is 5.75 Å². The number of hydrogen-bond acceptors (Lipinski definition) is 5. The van der Waals surface area contributed by atoms with Crippen LogP contribution in [0.15, 0.2) is 73.8 Å². The number of carbonyl (C=O) groups excluding carboxylic acids is 2. The molecule has 0 saturated carbocycles. The Hall–Kier alpha value is -3.87. The minimum absolute atomic E-state index is 0.174. The van der Waals surface area contributed by atoms with Gasteiger partial charge in [0.2, 0.25) is 0 Å². The van der Waals surface area contributed by atoms with Gasteiger partial charge in [-0.3, -0.25) is 4.79 Å². The lowest BCUT2D eigenvalue weighted by Gasteiger charge is -2.14. The summed E-state index contributed by atoms with van der Waals surface area (Å²) in [6, 6.07) is 13.7. The van der Waals surface area contributed by atoms with Crippen molar-refractivity contribution in [2.24, 2.45) is 0 Å². The van der Waals surface area contributed by atoms with Gasteiger partial charge in [0.1, 0.15) is 5.75 Å². The number of para-hydroxylation sites is 1. The van der Waals surface area contributed by atoms with Crippen molar-refractivity contribution in [3.63, 3.8) is 0 Å². The summed E-state index contributed by atoms with van der Waals surface area (Å²) in [6.45, 7) is 3.88. The molecule has 142 valence electrons. The molecule has 0 spiro atoms. The molecule has 0 unspecified atom stereocenters. The number of anilines is 1. The summed E-state index contributed by atoms with van der Waals surface area (Å²) in [5.41, 5.74) is 2.41. The van der Waals surface area contributed by atoms with Crippen molar-refractivity contribution in [3.05, 3.63) is 85.0 Å². The number of nitrogens with zero attached hydrogens (tertiary/aromatic N) is 2. The number of amides is 1. The Balaban J connectivity index is 1.62. The molecular formula is C21H19N3O4. The Bertz CT molecular complexity index is 979. The predicted octanol–water partition coefficient (Wildman–Crippen LogP) is 3.21. The Morgan fingerprint density at radius 1 is 1.14 bits per heavy atom. The van der Waals surface area contributed by atoms with Crippen LogP contribution in [0.4, 0.5) is 5.69 Å². The van der Waals surface area contributed by atoms with E-state index in [1.807, 2.05) is 18.2 Å². The second-order valence-electron chi connectivity index (χ2n) is 5.82.